The van der Waals surface area contributed by atoms with Crippen LogP contribution in [0, 0.1) is 42.9 Å². The Bertz CT molecular complexity index is 1230. The molecule has 1 saturated carbocycles. The molecule has 2 fully saturated rings. The van der Waals surface area contributed by atoms with E-state index in [-0.39, 0.29) is 25.2 Å². The third-order valence-corrected chi connectivity index (χ3v) is 13.3. The first-order valence-electron chi connectivity index (χ1n) is 13.4. The van der Waals surface area contributed by atoms with Crippen molar-refractivity contribution in [2.45, 2.75) is 50.2 Å². The van der Waals surface area contributed by atoms with Crippen molar-refractivity contribution in [1.29, 1.82) is 0 Å². The summed E-state index contributed by atoms with van der Waals surface area (Å²) in [5.74, 6) is 9.29. The van der Waals surface area contributed by atoms with Crippen molar-refractivity contribution in [2.75, 3.05) is 0 Å². The molecule has 6 heteroatoms. The van der Waals surface area contributed by atoms with E-state index in [0.717, 1.165) is 11.1 Å². The van der Waals surface area contributed by atoms with Gasteiger partial charge in [0.2, 0.25) is 0 Å². The van der Waals surface area contributed by atoms with Crippen LogP contribution in [-0.4, -0.2) is 30.5 Å². The fourth-order valence-corrected chi connectivity index (χ4v) is 13.1. The first-order chi connectivity index (χ1) is 18.3. The summed E-state index contributed by atoms with van der Waals surface area (Å²) in [5, 5.41) is 5.44. The fourth-order valence-electron chi connectivity index (χ4n) is 7.80. The second-order valence-electron chi connectivity index (χ2n) is 11.7. The molecule has 6 atom stereocenters. The van der Waals surface area contributed by atoms with Gasteiger partial charge in [-0.1, -0.05) is 136 Å². The number of hydrogen-bond acceptors (Lipinski definition) is 1. The number of hydrogen-bond donors (Lipinski definition) is 0. The number of nitrogens with zero attached hydrogens (tertiary/aromatic N) is 2. The maximum atomic E-state index is 5.44. The summed E-state index contributed by atoms with van der Waals surface area (Å²) in [6.07, 6.45) is 25.8. The predicted octanol–water partition coefficient (Wildman–Crippen LogP) is 8.83. The van der Waals surface area contributed by atoms with Crippen LogP contribution in [0.4, 0.5) is 0 Å². The van der Waals surface area contributed by atoms with E-state index in [2.05, 4.69) is 122 Å². The Labute approximate surface area is 253 Å². The monoisotopic (exact) mass is 608 g/mol. The number of allylic oxidation sites excluding steroid dienone is 10. The van der Waals surface area contributed by atoms with Crippen LogP contribution in [0.2, 0.25) is 18.6 Å². The Balaban J connectivity index is 0.000000845. The third kappa shape index (κ3) is 5.86. The quantitative estimate of drug-likeness (QED) is 0.186. The van der Waals surface area contributed by atoms with Crippen LogP contribution in [0.25, 0.3) is 5.32 Å². The molecule has 1 aromatic carbocycles. The van der Waals surface area contributed by atoms with Gasteiger partial charge in [-0.25, -0.2) is 0 Å². The molecule has 2 nitrogen and oxygen atoms in total. The topological polar surface area (TPSA) is 17.3 Å². The predicted molar refractivity (Wildman–Crippen MR) is 167 cm³/mol. The molecule has 204 valence electrons. The zero-order valence-electron chi connectivity index (χ0n) is 23.4. The molecule has 5 unspecified atom stereocenters. The van der Waals surface area contributed by atoms with E-state index in [4.69, 9.17) is 23.9 Å². The SMILES string of the molecule is CC1(C)[N-]C2C(C#Cc3ccccc3)=CC=C[C@H]2N1[Si](C)(C)C1C2C=CC=CC2C2C=CC=CC21.[CH3-].[Cl][Ti][Cl]. The van der Waals surface area contributed by atoms with E-state index in [1.807, 2.05) is 18.2 Å². The molecule has 5 aliphatic rings. The molecule has 0 aromatic heterocycles. The summed E-state index contributed by atoms with van der Waals surface area (Å²) in [5.41, 5.74) is 2.63. The van der Waals surface area contributed by atoms with E-state index in [1.165, 1.54) is 0 Å². The molecule has 1 aliphatic heterocycles. The molecule has 0 N–H and O–H groups in total. The summed E-state index contributed by atoms with van der Waals surface area (Å²) < 4.78 is 2.85. The number of benzene rings is 1. The summed E-state index contributed by atoms with van der Waals surface area (Å²) in [6, 6.07) is 10.7. The van der Waals surface area contributed by atoms with Crippen LogP contribution in [0.15, 0.2) is 103 Å². The van der Waals surface area contributed by atoms with Gasteiger partial charge in [0.1, 0.15) is 8.24 Å². The third-order valence-electron chi connectivity index (χ3n) is 8.85. The van der Waals surface area contributed by atoms with Crippen molar-refractivity contribution in [3.8, 4) is 11.8 Å². The summed E-state index contributed by atoms with van der Waals surface area (Å²) in [6.45, 7) is 9.87. The van der Waals surface area contributed by atoms with Crippen molar-refractivity contribution in [3.05, 3.63) is 121 Å². The number of halogens is 2. The second-order valence-corrected chi connectivity index (χ2v) is 18.7. The Morgan fingerprint density at radius 2 is 1.36 bits per heavy atom. The van der Waals surface area contributed by atoms with Crippen LogP contribution in [0.3, 0.4) is 0 Å². The molecule has 0 amide bonds. The molecule has 39 heavy (non-hydrogen) atoms. The second kappa shape index (κ2) is 12.7. The average Bonchev–Trinajstić information content (AvgIpc) is 3.40. The summed E-state index contributed by atoms with van der Waals surface area (Å²) >= 11 is -0.556. The van der Waals surface area contributed by atoms with Gasteiger partial charge >= 0.3 is 35.6 Å². The molecule has 1 saturated heterocycles. The molecule has 6 rings (SSSR count). The zero-order valence-corrected chi connectivity index (χ0v) is 27.5. The molecular weight excluding hydrogens is 571 g/mol. The first-order valence-corrected chi connectivity index (χ1v) is 20.7. The fraction of sp³-hybridized carbons (Fsp3) is 0.364. The summed E-state index contributed by atoms with van der Waals surface area (Å²) in [7, 11) is 7.81. The van der Waals surface area contributed by atoms with Crippen LogP contribution >= 0.6 is 18.6 Å². The first kappa shape index (κ1) is 30.6. The number of fused-ring (bicyclic) bond motifs is 4. The average molecular weight is 610 g/mol. The Kier molecular flexibility index (Phi) is 9.94. The van der Waals surface area contributed by atoms with E-state index in [9.17, 15) is 0 Å². The zero-order chi connectivity index (χ0) is 26.9. The minimum absolute atomic E-state index is 0. The van der Waals surface area contributed by atoms with E-state index >= 15 is 0 Å². The Morgan fingerprint density at radius 3 is 1.92 bits per heavy atom. The van der Waals surface area contributed by atoms with Gasteiger partial charge < -0.3 is 17.3 Å². The van der Waals surface area contributed by atoms with Crippen molar-refractivity contribution >= 4 is 26.8 Å². The van der Waals surface area contributed by atoms with Crippen LogP contribution < -0.4 is 0 Å². The van der Waals surface area contributed by atoms with Crippen LogP contribution in [-0.2, 0) is 17.0 Å². The van der Waals surface area contributed by atoms with Gasteiger partial charge in [-0.3, -0.25) is 0 Å². The minimum atomic E-state index is -1.97. The van der Waals surface area contributed by atoms with Crippen LogP contribution in [0.1, 0.15) is 19.4 Å². The number of rotatable bonds is 2. The van der Waals surface area contributed by atoms with E-state index in [1.54, 1.807) is 0 Å². The van der Waals surface area contributed by atoms with Gasteiger partial charge in [-0.2, -0.15) is 0 Å². The normalized spacial score (nSPS) is 32.9. The van der Waals surface area contributed by atoms with Gasteiger partial charge in [-0.05, 0) is 46.9 Å². The molecular formula is C33H38Cl2N2SiTi-2. The molecule has 1 heterocycles. The van der Waals surface area contributed by atoms with Gasteiger partial charge in [0.05, 0.1) is 0 Å². The van der Waals surface area contributed by atoms with Gasteiger partial charge in [-0.15, -0.1) is 0 Å². The molecule has 4 aliphatic carbocycles. The standard InChI is InChI=1S/C32H35N2Si.CH3.2ClH.Ti/c1-32(2)33-30-24(22-21-23-13-6-5-7-14-23)15-12-20-29(30)34(32)35(3,4)31-27-18-10-8-16-25(27)26-17-9-11-19-28(26)31;;;;/h5-20,25-31H,1-4H3;1H3;2*1H;/q2*-1;;;+2/p-2/t25?,26?,27?,28?,29-,30?,31?;;;;/m1..../s1. The van der Waals surface area contributed by atoms with Gasteiger partial charge in [0, 0.05) is 11.6 Å². The van der Waals surface area contributed by atoms with Gasteiger partial charge in [0.25, 0.3) is 0 Å². The van der Waals surface area contributed by atoms with E-state index in [0.29, 0.717) is 29.2 Å². The molecule has 0 spiro atoms. The van der Waals surface area contributed by atoms with E-state index < -0.39 is 25.3 Å². The van der Waals surface area contributed by atoms with Crippen molar-refractivity contribution < 1.29 is 17.0 Å². The van der Waals surface area contributed by atoms with Crippen molar-refractivity contribution in [3.63, 3.8) is 0 Å². The van der Waals surface area contributed by atoms with Crippen molar-refractivity contribution in [1.82, 2.24) is 4.57 Å². The molecule has 1 aromatic rings. The van der Waals surface area contributed by atoms with Gasteiger partial charge in [0.15, 0.2) is 0 Å². The Hall–Kier alpha value is -1.35. The van der Waals surface area contributed by atoms with Crippen molar-refractivity contribution in [2.24, 2.45) is 23.7 Å². The van der Waals surface area contributed by atoms with Crippen LogP contribution in [0.5, 0.6) is 0 Å². The molecule has 0 radical (unpaired) electrons. The molecule has 0 bridgehead atoms. The Morgan fingerprint density at radius 1 is 0.821 bits per heavy atom. The summed E-state index contributed by atoms with van der Waals surface area (Å²) in [4.78, 5) is 0. The maximum absolute atomic E-state index is 5.44.